The molecule has 4 rings (SSSR count). The van der Waals surface area contributed by atoms with Gasteiger partial charge in [0, 0.05) is 38.3 Å². The Morgan fingerprint density at radius 2 is 1.79 bits per heavy atom. The van der Waals surface area contributed by atoms with Gasteiger partial charge in [-0.3, -0.25) is 15.0 Å². The van der Waals surface area contributed by atoms with Crippen molar-refractivity contribution in [3.05, 3.63) is 45.7 Å². The fraction of sp³-hybridized carbons (Fsp3) is 0.435. The molecule has 1 aromatic carbocycles. The summed E-state index contributed by atoms with van der Waals surface area (Å²) in [5, 5.41) is 16.0. The Hall–Kier alpha value is -3.15. The van der Waals surface area contributed by atoms with Crippen LogP contribution in [-0.4, -0.2) is 68.8 Å². The first-order valence-corrected chi connectivity index (χ1v) is 12.1. The molecule has 0 saturated carbocycles. The number of aromatic nitrogens is 4. The lowest BCUT2D eigenvalue weighted by Crippen LogP contribution is -2.47. The van der Waals surface area contributed by atoms with Gasteiger partial charge in [-0.1, -0.05) is 36.0 Å². The van der Waals surface area contributed by atoms with Crippen LogP contribution in [0.25, 0.3) is 0 Å². The van der Waals surface area contributed by atoms with E-state index in [-0.39, 0.29) is 12.6 Å². The second kappa shape index (κ2) is 10.4. The van der Waals surface area contributed by atoms with Gasteiger partial charge in [0.15, 0.2) is 5.13 Å². The van der Waals surface area contributed by atoms with Crippen LogP contribution in [0.5, 0.6) is 0 Å². The highest BCUT2D eigenvalue weighted by molar-refractivity contribution is 7.17. The molecule has 0 bridgehead atoms. The molecule has 1 amide bonds. The van der Waals surface area contributed by atoms with Gasteiger partial charge in [-0.2, -0.15) is 15.0 Å². The van der Waals surface area contributed by atoms with E-state index in [1.807, 2.05) is 32.6 Å². The van der Waals surface area contributed by atoms with Crippen LogP contribution in [-0.2, 0) is 6.42 Å². The van der Waals surface area contributed by atoms with Gasteiger partial charge < -0.3 is 15.3 Å². The fourth-order valence-electron chi connectivity index (χ4n) is 3.94. The average Bonchev–Trinajstić information content (AvgIpc) is 3.29. The van der Waals surface area contributed by atoms with Gasteiger partial charge >= 0.3 is 0 Å². The van der Waals surface area contributed by atoms with Crippen molar-refractivity contribution in [1.29, 1.82) is 0 Å². The van der Waals surface area contributed by atoms with E-state index in [2.05, 4.69) is 47.6 Å². The van der Waals surface area contributed by atoms with Crippen molar-refractivity contribution in [2.24, 2.45) is 0 Å². The molecule has 0 atom stereocenters. The van der Waals surface area contributed by atoms with Crippen molar-refractivity contribution in [2.75, 3.05) is 48.4 Å². The minimum Gasteiger partial charge on any atom is -0.381 e. The van der Waals surface area contributed by atoms with Crippen molar-refractivity contribution in [3.8, 4) is 0 Å². The van der Waals surface area contributed by atoms with Gasteiger partial charge in [-0.05, 0) is 31.9 Å². The lowest BCUT2D eigenvalue weighted by Gasteiger charge is -2.33. The molecule has 0 radical (unpaired) electrons. The third-order valence-corrected chi connectivity index (χ3v) is 6.62. The van der Waals surface area contributed by atoms with Crippen molar-refractivity contribution in [3.63, 3.8) is 0 Å². The van der Waals surface area contributed by atoms with E-state index < -0.39 is 0 Å². The zero-order valence-electron chi connectivity index (χ0n) is 19.9. The van der Waals surface area contributed by atoms with E-state index in [0.29, 0.717) is 34.2 Å². The Morgan fingerprint density at radius 1 is 1.09 bits per heavy atom. The second-order valence-corrected chi connectivity index (χ2v) is 9.39. The quantitative estimate of drug-likeness (QED) is 0.467. The highest BCUT2D eigenvalue weighted by Crippen LogP contribution is 2.26. The van der Waals surface area contributed by atoms with E-state index in [0.717, 1.165) is 48.6 Å². The zero-order chi connectivity index (χ0) is 24.2. The first-order chi connectivity index (χ1) is 16.4. The van der Waals surface area contributed by atoms with E-state index in [1.165, 1.54) is 11.3 Å². The number of benzene rings is 1. The van der Waals surface area contributed by atoms with Gasteiger partial charge in [0.1, 0.15) is 10.7 Å². The summed E-state index contributed by atoms with van der Waals surface area (Å²) in [7, 11) is 0. The molecular weight excluding hydrogens is 452 g/mol. The summed E-state index contributed by atoms with van der Waals surface area (Å²) >= 11 is 1.25. The van der Waals surface area contributed by atoms with E-state index in [4.69, 9.17) is 0 Å². The number of amides is 1. The van der Waals surface area contributed by atoms with E-state index in [1.54, 1.807) is 6.20 Å². The van der Waals surface area contributed by atoms with Gasteiger partial charge in [-0.15, -0.1) is 0 Å². The number of piperazine rings is 1. The molecule has 1 aliphatic rings. The number of aliphatic hydroxyl groups excluding tert-OH is 1. The number of nitrogens with zero attached hydrogens (tertiary/aromatic N) is 6. The summed E-state index contributed by atoms with van der Waals surface area (Å²) in [6.45, 7) is 11.0. The topological polar surface area (TPSA) is 119 Å². The smallest absolute Gasteiger partial charge is 0.267 e. The van der Waals surface area contributed by atoms with Crippen LogP contribution < -0.4 is 15.5 Å². The Kier molecular flexibility index (Phi) is 7.35. The first kappa shape index (κ1) is 24.0. The number of hydrogen-bond acceptors (Lipinski definition) is 10. The molecule has 0 spiro atoms. The van der Waals surface area contributed by atoms with Crippen LogP contribution >= 0.6 is 11.3 Å². The zero-order valence-corrected chi connectivity index (χ0v) is 20.7. The SMILES string of the molecule is CCc1nc(Nc2ncc(C(=O)Nc3c(C)cc(C)cc3C)s2)nc(N2CCN(CO)CC2)n1. The third-order valence-electron chi connectivity index (χ3n) is 5.71. The van der Waals surface area contributed by atoms with Gasteiger partial charge in [0.25, 0.3) is 5.91 Å². The standard InChI is InChI=1S/C23H30N8O2S/c1-5-18-25-21(28-22(26-18)31-8-6-30(13-32)7-9-31)29-23-24-12-17(34-23)20(33)27-19-15(3)10-14(2)11-16(19)4/h10-12,32H,5-9,13H2,1-4H3,(H,27,33)(H,24,25,26,28,29). The second-order valence-electron chi connectivity index (χ2n) is 8.36. The number of hydrogen-bond donors (Lipinski definition) is 3. The van der Waals surface area contributed by atoms with E-state index >= 15 is 0 Å². The predicted octanol–water partition coefficient (Wildman–Crippen LogP) is 2.88. The van der Waals surface area contributed by atoms with Crippen molar-refractivity contribution in [1.82, 2.24) is 24.8 Å². The molecule has 34 heavy (non-hydrogen) atoms. The Bertz CT molecular complexity index is 1150. The van der Waals surface area contributed by atoms with Gasteiger partial charge in [-0.25, -0.2) is 4.98 Å². The molecular formula is C23H30N8O2S. The maximum absolute atomic E-state index is 12.8. The summed E-state index contributed by atoms with van der Waals surface area (Å²) in [5.74, 6) is 1.48. The highest BCUT2D eigenvalue weighted by atomic mass is 32.1. The predicted molar refractivity (Wildman–Crippen MR) is 134 cm³/mol. The fourth-order valence-corrected chi connectivity index (χ4v) is 4.64. The maximum atomic E-state index is 12.8. The summed E-state index contributed by atoms with van der Waals surface area (Å²) in [6, 6.07) is 4.10. The molecule has 3 N–H and O–H groups in total. The minimum atomic E-state index is -0.201. The lowest BCUT2D eigenvalue weighted by atomic mass is 10.1. The summed E-state index contributed by atoms with van der Waals surface area (Å²) in [6.07, 6.45) is 2.22. The summed E-state index contributed by atoms with van der Waals surface area (Å²) < 4.78 is 0. The highest BCUT2D eigenvalue weighted by Gasteiger charge is 2.20. The van der Waals surface area contributed by atoms with Crippen LogP contribution in [0.4, 0.5) is 22.7 Å². The maximum Gasteiger partial charge on any atom is 0.267 e. The number of aliphatic hydroxyl groups is 1. The molecule has 0 unspecified atom stereocenters. The molecule has 1 saturated heterocycles. The Morgan fingerprint density at radius 3 is 2.44 bits per heavy atom. The Labute approximate surface area is 203 Å². The number of carbonyl (C=O) groups is 1. The average molecular weight is 483 g/mol. The number of thiazole rings is 1. The number of anilines is 4. The Balaban J connectivity index is 1.48. The van der Waals surface area contributed by atoms with Crippen molar-refractivity contribution >= 4 is 40.0 Å². The molecule has 2 aromatic heterocycles. The number of rotatable bonds is 7. The van der Waals surface area contributed by atoms with Gasteiger partial charge in [0.2, 0.25) is 11.9 Å². The van der Waals surface area contributed by atoms with Gasteiger partial charge in [0.05, 0.1) is 12.9 Å². The van der Waals surface area contributed by atoms with Crippen LogP contribution in [0, 0.1) is 20.8 Å². The molecule has 0 aliphatic carbocycles. The van der Waals surface area contributed by atoms with Crippen molar-refractivity contribution in [2.45, 2.75) is 34.1 Å². The largest absolute Gasteiger partial charge is 0.381 e. The van der Waals surface area contributed by atoms with Crippen molar-refractivity contribution < 1.29 is 9.90 Å². The summed E-state index contributed by atoms with van der Waals surface area (Å²) in [5.41, 5.74) is 4.04. The molecule has 10 nitrogen and oxygen atoms in total. The number of nitrogens with one attached hydrogen (secondary N) is 2. The summed E-state index contributed by atoms with van der Waals surface area (Å²) in [4.78, 5) is 35.4. The molecule has 180 valence electrons. The number of carbonyl (C=O) groups excluding carboxylic acids is 1. The normalized spacial score (nSPS) is 14.3. The first-order valence-electron chi connectivity index (χ1n) is 11.3. The monoisotopic (exact) mass is 482 g/mol. The lowest BCUT2D eigenvalue weighted by molar-refractivity contribution is 0.101. The van der Waals surface area contributed by atoms with Crippen LogP contribution in [0.15, 0.2) is 18.3 Å². The third kappa shape index (κ3) is 5.49. The molecule has 3 heterocycles. The molecule has 3 aromatic rings. The van der Waals surface area contributed by atoms with Crippen LogP contribution in [0.1, 0.15) is 39.1 Å². The minimum absolute atomic E-state index is 0.0566. The molecule has 1 aliphatic heterocycles. The van der Waals surface area contributed by atoms with E-state index in [9.17, 15) is 9.90 Å². The molecule has 1 fully saturated rings. The molecule has 11 heteroatoms. The van der Waals surface area contributed by atoms with Crippen LogP contribution in [0.2, 0.25) is 0 Å². The number of aryl methyl sites for hydroxylation is 4. The van der Waals surface area contributed by atoms with Crippen LogP contribution in [0.3, 0.4) is 0 Å².